The molecule has 29 heavy (non-hydrogen) atoms. The number of fused-ring (bicyclic) bond motifs is 1. The van der Waals surface area contributed by atoms with E-state index in [0.29, 0.717) is 30.2 Å². The Labute approximate surface area is 171 Å². The Balaban J connectivity index is 1.42. The number of aromatic nitrogens is 1. The number of carbonyl (C=O) groups is 1. The van der Waals surface area contributed by atoms with Crippen LogP contribution in [-0.4, -0.2) is 36.7 Å². The highest BCUT2D eigenvalue weighted by molar-refractivity contribution is 7.89. The Morgan fingerprint density at radius 2 is 1.79 bits per heavy atom. The molecule has 0 bridgehead atoms. The summed E-state index contributed by atoms with van der Waals surface area (Å²) in [6.07, 6.45) is 2.91. The lowest BCUT2D eigenvalue weighted by atomic mass is 10.2. The van der Waals surface area contributed by atoms with Gasteiger partial charge in [-0.05, 0) is 49.1 Å². The molecule has 2 heterocycles. The second-order valence-electron chi connectivity index (χ2n) is 7.51. The summed E-state index contributed by atoms with van der Waals surface area (Å²) in [6, 6.07) is 14.5. The van der Waals surface area contributed by atoms with Gasteiger partial charge in [-0.3, -0.25) is 4.79 Å². The first-order chi connectivity index (χ1) is 13.9. The highest BCUT2D eigenvalue weighted by atomic mass is 32.2. The van der Waals surface area contributed by atoms with Crippen molar-refractivity contribution in [1.29, 1.82) is 0 Å². The van der Waals surface area contributed by atoms with Gasteiger partial charge >= 0.3 is 0 Å². The molecule has 1 fully saturated rings. The average molecular weight is 412 g/mol. The van der Waals surface area contributed by atoms with E-state index in [4.69, 9.17) is 0 Å². The Kier molecular flexibility index (Phi) is 5.43. The lowest BCUT2D eigenvalue weighted by Gasteiger charge is -2.25. The summed E-state index contributed by atoms with van der Waals surface area (Å²) in [6.45, 7) is 3.51. The van der Waals surface area contributed by atoms with Crippen molar-refractivity contribution in [3.63, 3.8) is 0 Å². The van der Waals surface area contributed by atoms with E-state index >= 15 is 0 Å². The van der Waals surface area contributed by atoms with Crippen molar-refractivity contribution in [3.8, 4) is 0 Å². The molecule has 1 aromatic heterocycles. The third kappa shape index (κ3) is 4.06. The Morgan fingerprint density at radius 1 is 1.07 bits per heavy atom. The predicted octanol–water partition coefficient (Wildman–Crippen LogP) is 3.58. The number of aryl methyl sites for hydroxylation is 1. The van der Waals surface area contributed by atoms with Gasteiger partial charge in [0.15, 0.2) is 0 Å². The Hall–Kier alpha value is -2.64. The number of rotatable bonds is 5. The van der Waals surface area contributed by atoms with Crippen LogP contribution in [0.3, 0.4) is 0 Å². The second-order valence-corrected chi connectivity index (χ2v) is 9.45. The largest absolute Gasteiger partial charge is 0.350 e. The van der Waals surface area contributed by atoms with E-state index in [1.54, 1.807) is 28.6 Å². The molecule has 0 aliphatic carbocycles. The maximum Gasteiger partial charge on any atom is 0.267 e. The number of para-hydroxylation sites is 1. The molecule has 6 nitrogen and oxygen atoms in total. The molecule has 152 valence electrons. The van der Waals surface area contributed by atoms with Crippen LogP contribution in [0.2, 0.25) is 0 Å². The van der Waals surface area contributed by atoms with Crippen LogP contribution in [0.5, 0.6) is 0 Å². The molecular formula is C22H25N3O3S. The van der Waals surface area contributed by atoms with Crippen molar-refractivity contribution in [3.05, 3.63) is 65.4 Å². The number of piperidine rings is 1. The van der Waals surface area contributed by atoms with Gasteiger partial charge in [0.25, 0.3) is 5.91 Å². The summed E-state index contributed by atoms with van der Waals surface area (Å²) in [5, 5.41) is 3.89. The summed E-state index contributed by atoms with van der Waals surface area (Å²) in [4.78, 5) is 16.0. The molecule has 2 aromatic carbocycles. The lowest BCUT2D eigenvalue weighted by Crippen LogP contribution is -2.35. The van der Waals surface area contributed by atoms with Gasteiger partial charge in [0, 0.05) is 30.5 Å². The van der Waals surface area contributed by atoms with Crippen LogP contribution >= 0.6 is 0 Å². The number of aromatic amines is 1. The minimum Gasteiger partial charge on any atom is -0.350 e. The number of nitrogens with one attached hydrogen (secondary N) is 2. The number of nitrogens with zero attached hydrogens (tertiary/aromatic N) is 1. The van der Waals surface area contributed by atoms with Crippen LogP contribution in [0.1, 0.15) is 40.9 Å². The van der Waals surface area contributed by atoms with Gasteiger partial charge in [-0.25, -0.2) is 8.42 Å². The maximum absolute atomic E-state index is 12.7. The van der Waals surface area contributed by atoms with Crippen LogP contribution < -0.4 is 5.32 Å². The fourth-order valence-electron chi connectivity index (χ4n) is 3.74. The van der Waals surface area contributed by atoms with Crippen molar-refractivity contribution >= 4 is 26.8 Å². The fraction of sp³-hybridized carbons (Fsp3) is 0.318. The third-order valence-corrected chi connectivity index (χ3v) is 7.35. The summed E-state index contributed by atoms with van der Waals surface area (Å²) in [5.41, 5.74) is 3.42. The molecule has 0 radical (unpaired) electrons. The zero-order valence-electron chi connectivity index (χ0n) is 16.4. The molecular weight excluding hydrogens is 386 g/mol. The number of hydrogen-bond acceptors (Lipinski definition) is 3. The summed E-state index contributed by atoms with van der Waals surface area (Å²) in [5.74, 6) is -0.189. The average Bonchev–Trinajstić information content (AvgIpc) is 3.19. The first-order valence-electron chi connectivity index (χ1n) is 9.91. The zero-order valence-corrected chi connectivity index (χ0v) is 17.3. The summed E-state index contributed by atoms with van der Waals surface area (Å²) < 4.78 is 27.0. The van der Waals surface area contributed by atoms with Gasteiger partial charge in [-0.15, -0.1) is 0 Å². The van der Waals surface area contributed by atoms with Crippen LogP contribution in [0.15, 0.2) is 53.4 Å². The highest BCUT2D eigenvalue weighted by Crippen LogP contribution is 2.21. The molecule has 3 aromatic rings. The highest BCUT2D eigenvalue weighted by Gasteiger charge is 2.25. The van der Waals surface area contributed by atoms with E-state index in [-0.39, 0.29) is 5.91 Å². The topological polar surface area (TPSA) is 82.3 Å². The van der Waals surface area contributed by atoms with Crippen molar-refractivity contribution in [1.82, 2.24) is 14.6 Å². The molecule has 1 aliphatic rings. The minimum atomic E-state index is -3.43. The third-order valence-electron chi connectivity index (χ3n) is 5.44. The van der Waals surface area contributed by atoms with Gasteiger partial charge < -0.3 is 10.3 Å². The van der Waals surface area contributed by atoms with Gasteiger partial charge in [-0.2, -0.15) is 4.31 Å². The number of carbonyl (C=O) groups excluding carboxylic acids is 1. The first kappa shape index (κ1) is 19.7. The van der Waals surface area contributed by atoms with E-state index < -0.39 is 10.0 Å². The molecule has 0 spiro atoms. The minimum absolute atomic E-state index is 0.189. The molecule has 1 saturated heterocycles. The van der Waals surface area contributed by atoms with E-state index in [9.17, 15) is 13.2 Å². The maximum atomic E-state index is 12.7. The second kappa shape index (κ2) is 8.00. The van der Waals surface area contributed by atoms with Gasteiger partial charge in [-0.1, -0.05) is 36.8 Å². The fourth-order valence-corrected chi connectivity index (χ4v) is 5.26. The number of amides is 1. The molecule has 0 unspecified atom stereocenters. The van der Waals surface area contributed by atoms with Gasteiger partial charge in [0.1, 0.15) is 5.69 Å². The molecule has 1 amide bonds. The zero-order chi connectivity index (χ0) is 20.4. The summed E-state index contributed by atoms with van der Waals surface area (Å²) >= 11 is 0. The van der Waals surface area contributed by atoms with Crippen molar-refractivity contribution in [2.24, 2.45) is 0 Å². The number of H-pyrrole nitrogens is 1. The van der Waals surface area contributed by atoms with Crippen LogP contribution in [0.4, 0.5) is 0 Å². The number of hydrogen-bond donors (Lipinski definition) is 2. The van der Waals surface area contributed by atoms with E-state index in [1.165, 1.54) is 0 Å². The number of sulfonamides is 1. The SMILES string of the molecule is Cc1cccc2cc(C(=O)NCc3ccc(S(=O)(=O)N4CCCCC4)cc3)[nH]c12. The first-order valence-corrected chi connectivity index (χ1v) is 11.3. The Morgan fingerprint density at radius 3 is 2.48 bits per heavy atom. The molecule has 7 heteroatoms. The molecule has 0 saturated carbocycles. The van der Waals surface area contributed by atoms with Gasteiger partial charge in [0.2, 0.25) is 10.0 Å². The number of benzene rings is 2. The van der Waals surface area contributed by atoms with Crippen LogP contribution in [0, 0.1) is 6.92 Å². The monoisotopic (exact) mass is 411 g/mol. The molecule has 2 N–H and O–H groups in total. The lowest BCUT2D eigenvalue weighted by molar-refractivity contribution is 0.0946. The molecule has 0 atom stereocenters. The van der Waals surface area contributed by atoms with Crippen LogP contribution in [0.25, 0.3) is 10.9 Å². The Bertz CT molecular complexity index is 1130. The van der Waals surface area contributed by atoms with Crippen molar-refractivity contribution < 1.29 is 13.2 Å². The smallest absolute Gasteiger partial charge is 0.267 e. The standard InChI is InChI=1S/C22H25N3O3S/c1-16-6-5-7-18-14-20(24-21(16)18)22(26)23-15-17-8-10-19(11-9-17)29(27,28)25-12-3-2-4-13-25/h5-11,14,24H,2-4,12-13,15H2,1H3,(H,23,26). The van der Waals surface area contributed by atoms with Crippen LogP contribution in [-0.2, 0) is 16.6 Å². The van der Waals surface area contributed by atoms with Crippen molar-refractivity contribution in [2.45, 2.75) is 37.6 Å². The molecule has 4 rings (SSSR count). The molecule has 1 aliphatic heterocycles. The van der Waals surface area contributed by atoms with E-state index in [1.807, 2.05) is 31.2 Å². The normalized spacial score (nSPS) is 15.5. The van der Waals surface area contributed by atoms with Crippen molar-refractivity contribution in [2.75, 3.05) is 13.1 Å². The predicted molar refractivity (Wildman–Crippen MR) is 113 cm³/mol. The summed E-state index contributed by atoms with van der Waals surface area (Å²) in [7, 11) is -3.43. The van der Waals surface area contributed by atoms with Gasteiger partial charge in [0.05, 0.1) is 4.90 Å². The van der Waals surface area contributed by atoms with E-state index in [2.05, 4.69) is 10.3 Å². The van der Waals surface area contributed by atoms with E-state index in [0.717, 1.165) is 41.3 Å². The quantitative estimate of drug-likeness (QED) is 0.673.